The molecule has 1 rings (SSSR count). The van der Waals surface area contributed by atoms with E-state index in [0.29, 0.717) is 0 Å². The van der Waals surface area contributed by atoms with Gasteiger partial charge in [0.25, 0.3) is 0 Å². The largest absolute Gasteiger partial charge is 0.204 e. The Hall–Kier alpha value is -1.00. The maximum Gasteiger partial charge on any atom is 0.161 e. The molecule has 0 bridgehead atoms. The van der Waals surface area contributed by atoms with E-state index >= 15 is 0 Å². The fourth-order valence-electron chi connectivity index (χ4n) is 0.830. The van der Waals surface area contributed by atoms with Crippen molar-refractivity contribution in [2.75, 3.05) is 0 Å². The summed E-state index contributed by atoms with van der Waals surface area (Å²) >= 11 is 16.7. The van der Waals surface area contributed by atoms with Gasteiger partial charge in [-0.3, -0.25) is 0 Å². The number of rotatable bonds is 0. The predicted molar refractivity (Wildman–Crippen MR) is 50.9 cm³/mol. The molecule has 2 nitrogen and oxygen atoms in total. The van der Waals surface area contributed by atoms with Crippen LogP contribution in [0.2, 0.25) is 15.1 Å². The second-order valence-electron chi connectivity index (χ2n) is 2.23. The van der Waals surface area contributed by atoms with E-state index < -0.39 is 16.9 Å². The maximum absolute atomic E-state index is 13.3. The molecule has 0 saturated carbocycles. The molecule has 0 spiro atoms. The number of nitrogens with zero attached hydrogens (tertiary/aromatic N) is 2. The highest BCUT2D eigenvalue weighted by molar-refractivity contribution is 6.49. The minimum atomic E-state index is -1.05. The van der Waals surface area contributed by atoms with Crippen LogP contribution < -0.4 is 0 Å². The highest BCUT2D eigenvalue weighted by Gasteiger charge is 2.21. The Morgan fingerprint density at radius 3 is 1.50 bits per heavy atom. The lowest BCUT2D eigenvalue weighted by atomic mass is 10.1. The van der Waals surface area contributed by atoms with Crippen molar-refractivity contribution >= 4 is 34.8 Å². The lowest BCUT2D eigenvalue weighted by molar-refractivity contribution is 0.620. The van der Waals surface area contributed by atoms with Crippen LogP contribution in [0.25, 0.3) is 0 Å². The average Bonchev–Trinajstić information content (AvgIpc) is 2.16. The number of nitriles is 2. The lowest BCUT2D eigenvalue weighted by Crippen LogP contribution is -1.94. The summed E-state index contributed by atoms with van der Waals surface area (Å²) in [5.41, 5.74) is -0.949. The van der Waals surface area contributed by atoms with Crippen molar-refractivity contribution < 1.29 is 4.39 Å². The van der Waals surface area contributed by atoms with Crippen molar-refractivity contribution in [2.45, 2.75) is 0 Å². The molecule has 6 heteroatoms. The van der Waals surface area contributed by atoms with Gasteiger partial charge in [0.15, 0.2) is 5.82 Å². The van der Waals surface area contributed by atoms with E-state index in [4.69, 9.17) is 45.3 Å². The molecular formula is C8Cl3FN2. The summed E-state index contributed by atoms with van der Waals surface area (Å²) in [5, 5.41) is 16.3. The Kier molecular flexibility index (Phi) is 3.18. The zero-order valence-electron chi connectivity index (χ0n) is 6.41. The third-order valence-corrected chi connectivity index (χ3v) is 2.81. The van der Waals surface area contributed by atoms with Crippen molar-refractivity contribution in [2.24, 2.45) is 0 Å². The first-order valence-corrected chi connectivity index (χ1v) is 4.34. The molecule has 0 amide bonds. The Morgan fingerprint density at radius 2 is 1.21 bits per heavy atom. The standard InChI is InChI=1S/C8Cl3FN2/c9-5-3(1-13)8(12)4(2-14)6(10)7(5)11. The first-order valence-electron chi connectivity index (χ1n) is 3.20. The molecule has 0 aromatic heterocycles. The van der Waals surface area contributed by atoms with Crippen molar-refractivity contribution in [3.63, 3.8) is 0 Å². The number of hydrogen-bond acceptors (Lipinski definition) is 2. The van der Waals surface area contributed by atoms with Gasteiger partial charge in [0.2, 0.25) is 0 Å². The summed E-state index contributed by atoms with van der Waals surface area (Å²) in [5.74, 6) is -1.05. The Bertz CT molecular complexity index is 444. The third kappa shape index (κ3) is 1.51. The van der Waals surface area contributed by atoms with E-state index in [1.807, 2.05) is 0 Å². The van der Waals surface area contributed by atoms with E-state index in [0.717, 1.165) is 0 Å². The number of halogens is 4. The van der Waals surface area contributed by atoms with Crippen LogP contribution in [0.4, 0.5) is 4.39 Å². The molecule has 0 aliphatic heterocycles. The third-order valence-electron chi connectivity index (χ3n) is 1.49. The summed E-state index contributed by atoms with van der Waals surface area (Å²) in [6.45, 7) is 0. The molecule has 0 radical (unpaired) electrons. The van der Waals surface area contributed by atoms with Crippen LogP contribution in [-0.2, 0) is 0 Å². The van der Waals surface area contributed by atoms with Crippen LogP contribution in [-0.4, -0.2) is 0 Å². The van der Waals surface area contributed by atoms with Gasteiger partial charge in [-0.05, 0) is 0 Å². The van der Waals surface area contributed by atoms with Crippen LogP contribution in [0, 0.1) is 28.5 Å². The van der Waals surface area contributed by atoms with Gasteiger partial charge in [0.1, 0.15) is 23.3 Å². The van der Waals surface area contributed by atoms with E-state index in [1.54, 1.807) is 0 Å². The molecule has 0 N–H and O–H groups in total. The zero-order chi connectivity index (χ0) is 10.9. The first kappa shape index (κ1) is 11.1. The van der Waals surface area contributed by atoms with Gasteiger partial charge in [-0.1, -0.05) is 34.8 Å². The monoisotopic (exact) mass is 248 g/mol. The summed E-state index contributed by atoms with van der Waals surface area (Å²) in [6, 6.07) is 3.01. The SMILES string of the molecule is N#Cc1c(F)c(C#N)c(Cl)c(Cl)c1Cl. The molecule has 0 aliphatic carbocycles. The molecule has 0 fully saturated rings. The molecule has 0 saturated heterocycles. The van der Waals surface area contributed by atoms with Gasteiger partial charge in [0, 0.05) is 0 Å². The molecule has 0 atom stereocenters. The van der Waals surface area contributed by atoms with Gasteiger partial charge in [-0.15, -0.1) is 0 Å². The van der Waals surface area contributed by atoms with Gasteiger partial charge in [0.05, 0.1) is 15.1 Å². The number of benzene rings is 1. The Labute approximate surface area is 94.0 Å². The predicted octanol–water partition coefficient (Wildman–Crippen LogP) is 3.53. The summed E-state index contributed by atoms with van der Waals surface area (Å²) < 4.78 is 13.3. The second kappa shape index (κ2) is 4.02. The molecule has 70 valence electrons. The van der Waals surface area contributed by atoms with E-state index in [9.17, 15) is 4.39 Å². The maximum atomic E-state index is 13.3. The quantitative estimate of drug-likeness (QED) is 0.521. The Balaban J connectivity index is 3.78. The van der Waals surface area contributed by atoms with Crippen LogP contribution in [0.5, 0.6) is 0 Å². The molecule has 0 unspecified atom stereocenters. The fourth-order valence-corrected chi connectivity index (χ4v) is 1.51. The molecular weight excluding hydrogens is 249 g/mol. The van der Waals surface area contributed by atoms with Crippen LogP contribution >= 0.6 is 34.8 Å². The first-order chi connectivity index (χ1) is 6.54. The highest BCUT2D eigenvalue weighted by atomic mass is 35.5. The van der Waals surface area contributed by atoms with Crippen LogP contribution in [0.3, 0.4) is 0 Å². The van der Waals surface area contributed by atoms with Crippen molar-refractivity contribution in [1.82, 2.24) is 0 Å². The van der Waals surface area contributed by atoms with E-state index in [1.165, 1.54) is 12.1 Å². The average molecular weight is 249 g/mol. The van der Waals surface area contributed by atoms with Gasteiger partial charge in [-0.25, -0.2) is 4.39 Å². The van der Waals surface area contributed by atoms with Crippen molar-refractivity contribution in [3.8, 4) is 12.1 Å². The van der Waals surface area contributed by atoms with Crippen molar-refractivity contribution in [3.05, 3.63) is 32.0 Å². The van der Waals surface area contributed by atoms with Crippen LogP contribution in [0.15, 0.2) is 0 Å². The molecule has 0 aliphatic rings. The van der Waals surface area contributed by atoms with Gasteiger partial charge >= 0.3 is 0 Å². The van der Waals surface area contributed by atoms with Crippen molar-refractivity contribution in [1.29, 1.82) is 10.5 Å². The minimum absolute atomic E-state index is 0.192. The highest BCUT2D eigenvalue weighted by Crippen LogP contribution is 2.37. The smallest absolute Gasteiger partial charge is 0.161 e. The van der Waals surface area contributed by atoms with Gasteiger partial charge < -0.3 is 0 Å². The normalized spacial score (nSPS) is 9.29. The Morgan fingerprint density at radius 1 is 0.857 bits per heavy atom. The second-order valence-corrected chi connectivity index (χ2v) is 3.36. The summed E-state index contributed by atoms with van der Waals surface area (Å²) in [4.78, 5) is 0. The molecule has 1 aromatic carbocycles. The zero-order valence-corrected chi connectivity index (χ0v) is 8.67. The van der Waals surface area contributed by atoms with E-state index in [2.05, 4.69) is 0 Å². The fraction of sp³-hybridized carbons (Fsp3) is 0. The molecule has 14 heavy (non-hydrogen) atoms. The van der Waals surface area contributed by atoms with Gasteiger partial charge in [-0.2, -0.15) is 10.5 Å². The summed E-state index contributed by atoms with van der Waals surface area (Å²) in [6.07, 6.45) is 0. The lowest BCUT2D eigenvalue weighted by Gasteiger charge is -2.04. The van der Waals surface area contributed by atoms with E-state index in [-0.39, 0.29) is 15.1 Å². The number of hydrogen-bond donors (Lipinski definition) is 0. The molecule has 0 heterocycles. The van der Waals surface area contributed by atoms with Crippen LogP contribution in [0.1, 0.15) is 11.1 Å². The molecule has 1 aromatic rings. The topological polar surface area (TPSA) is 47.6 Å². The minimum Gasteiger partial charge on any atom is -0.204 e. The summed E-state index contributed by atoms with van der Waals surface area (Å²) in [7, 11) is 0.